The molecular weight excluding hydrogens is 278 g/mol. The van der Waals surface area contributed by atoms with Crippen molar-refractivity contribution < 1.29 is 4.79 Å². The van der Waals surface area contributed by atoms with E-state index in [-0.39, 0.29) is 11.9 Å². The van der Waals surface area contributed by atoms with Crippen molar-refractivity contribution >= 4 is 11.7 Å². The van der Waals surface area contributed by atoms with Gasteiger partial charge in [0, 0.05) is 43.6 Å². The number of aryl methyl sites for hydroxylation is 1. The molecule has 6 nitrogen and oxygen atoms in total. The van der Waals surface area contributed by atoms with Crippen LogP contribution in [0.3, 0.4) is 0 Å². The Morgan fingerprint density at radius 3 is 2.86 bits per heavy atom. The summed E-state index contributed by atoms with van der Waals surface area (Å²) in [6.45, 7) is 0.788. The van der Waals surface area contributed by atoms with Crippen molar-refractivity contribution in [1.29, 1.82) is 0 Å². The van der Waals surface area contributed by atoms with Gasteiger partial charge in [-0.25, -0.2) is 9.97 Å². The van der Waals surface area contributed by atoms with Crippen LogP contribution in [0.1, 0.15) is 35.4 Å². The molecule has 114 valence electrons. The molecule has 2 aromatic heterocycles. The molecule has 0 saturated heterocycles. The number of aromatic nitrogens is 3. The van der Waals surface area contributed by atoms with Gasteiger partial charge in [-0.2, -0.15) is 0 Å². The normalized spacial score (nSPS) is 20.3. The number of fused-ring (bicyclic) bond motifs is 1. The van der Waals surface area contributed by atoms with Gasteiger partial charge in [-0.3, -0.25) is 4.79 Å². The largest absolute Gasteiger partial charge is 0.367 e. The lowest BCUT2D eigenvalue weighted by atomic mass is 10.1. The second kappa shape index (κ2) is 5.44. The van der Waals surface area contributed by atoms with Gasteiger partial charge in [-0.15, -0.1) is 0 Å². The zero-order chi connectivity index (χ0) is 14.9. The number of hydrogen-bond donors (Lipinski definition) is 2. The van der Waals surface area contributed by atoms with E-state index in [4.69, 9.17) is 0 Å². The van der Waals surface area contributed by atoms with E-state index >= 15 is 0 Å². The monoisotopic (exact) mass is 297 g/mol. The zero-order valence-electron chi connectivity index (χ0n) is 12.3. The minimum absolute atomic E-state index is 0.0564. The van der Waals surface area contributed by atoms with Crippen molar-refractivity contribution in [3.8, 4) is 0 Å². The average molecular weight is 297 g/mol. The number of hydrogen-bond acceptors (Lipinski definition) is 4. The molecule has 0 aromatic carbocycles. The Morgan fingerprint density at radius 1 is 1.18 bits per heavy atom. The van der Waals surface area contributed by atoms with Crippen molar-refractivity contribution in [1.82, 2.24) is 19.9 Å². The first-order chi connectivity index (χ1) is 10.8. The first-order valence-corrected chi connectivity index (χ1v) is 7.81. The number of rotatable bonds is 4. The van der Waals surface area contributed by atoms with Crippen molar-refractivity contribution in [2.75, 3.05) is 5.32 Å². The standard InChI is InChI=1S/C16H19N5O/c22-16(11-1-5-14(18-9-11)19-12-2-3-12)20-13-4-6-15-17-7-8-21(15)10-13/h1,5,7-9,12-13H,2-4,6,10H2,(H,18,19)(H,20,22)/t13-/m0/s1. The molecule has 2 aromatic rings. The van der Waals surface area contributed by atoms with E-state index in [0.717, 1.165) is 31.0 Å². The van der Waals surface area contributed by atoms with Crippen LogP contribution in [-0.4, -0.2) is 32.5 Å². The lowest BCUT2D eigenvalue weighted by molar-refractivity contribution is 0.0927. The fraction of sp³-hybridized carbons (Fsp3) is 0.438. The van der Waals surface area contributed by atoms with Crippen molar-refractivity contribution in [2.24, 2.45) is 0 Å². The average Bonchev–Trinajstić information content (AvgIpc) is 3.22. The summed E-state index contributed by atoms with van der Waals surface area (Å²) in [5.41, 5.74) is 0.609. The highest BCUT2D eigenvalue weighted by atomic mass is 16.1. The second-order valence-electron chi connectivity index (χ2n) is 6.06. The predicted octanol–water partition coefficient (Wildman–Crippen LogP) is 1.60. The third-order valence-corrected chi connectivity index (χ3v) is 4.23. The van der Waals surface area contributed by atoms with Crippen molar-refractivity contribution in [3.63, 3.8) is 0 Å². The van der Waals surface area contributed by atoms with Gasteiger partial charge in [0.2, 0.25) is 0 Å². The molecule has 0 radical (unpaired) electrons. The van der Waals surface area contributed by atoms with E-state index in [0.29, 0.717) is 11.6 Å². The molecule has 0 bridgehead atoms. The summed E-state index contributed by atoms with van der Waals surface area (Å²) < 4.78 is 2.11. The quantitative estimate of drug-likeness (QED) is 0.899. The highest BCUT2D eigenvalue weighted by Crippen LogP contribution is 2.23. The van der Waals surface area contributed by atoms with Crippen LogP contribution in [0.4, 0.5) is 5.82 Å². The van der Waals surface area contributed by atoms with Crippen LogP contribution in [0.2, 0.25) is 0 Å². The number of anilines is 1. The van der Waals surface area contributed by atoms with Crippen LogP contribution >= 0.6 is 0 Å². The van der Waals surface area contributed by atoms with Gasteiger partial charge in [0.25, 0.3) is 5.91 Å². The molecule has 0 spiro atoms. The Kier molecular flexibility index (Phi) is 3.29. The van der Waals surface area contributed by atoms with Gasteiger partial charge in [0.05, 0.1) is 5.56 Å². The Labute approximate surface area is 129 Å². The van der Waals surface area contributed by atoms with Gasteiger partial charge in [-0.05, 0) is 31.4 Å². The first kappa shape index (κ1) is 13.3. The number of nitrogens with zero attached hydrogens (tertiary/aromatic N) is 3. The minimum Gasteiger partial charge on any atom is -0.367 e. The maximum atomic E-state index is 12.3. The highest BCUT2D eigenvalue weighted by molar-refractivity contribution is 5.94. The molecule has 1 aliphatic carbocycles. The summed E-state index contributed by atoms with van der Waals surface area (Å²) >= 11 is 0. The number of carbonyl (C=O) groups is 1. The number of pyridine rings is 1. The van der Waals surface area contributed by atoms with E-state index < -0.39 is 0 Å². The van der Waals surface area contributed by atoms with Crippen LogP contribution in [0.15, 0.2) is 30.7 Å². The Balaban J connectivity index is 1.37. The van der Waals surface area contributed by atoms with Crippen LogP contribution in [0, 0.1) is 0 Å². The third-order valence-electron chi connectivity index (χ3n) is 4.23. The van der Waals surface area contributed by atoms with E-state index in [1.165, 1.54) is 12.8 Å². The van der Waals surface area contributed by atoms with Crippen molar-refractivity contribution in [3.05, 3.63) is 42.1 Å². The van der Waals surface area contributed by atoms with Gasteiger partial charge < -0.3 is 15.2 Å². The SMILES string of the molecule is O=C(N[C@H]1CCc2nccn2C1)c1ccc(NC2CC2)nc1. The van der Waals surface area contributed by atoms with Crippen molar-refractivity contribution in [2.45, 2.75) is 44.3 Å². The van der Waals surface area contributed by atoms with Gasteiger partial charge in [-0.1, -0.05) is 0 Å². The van der Waals surface area contributed by atoms with E-state index in [2.05, 4.69) is 25.2 Å². The summed E-state index contributed by atoms with van der Waals surface area (Å²) in [4.78, 5) is 20.9. The lowest BCUT2D eigenvalue weighted by Gasteiger charge is -2.24. The van der Waals surface area contributed by atoms with Gasteiger partial charge >= 0.3 is 0 Å². The molecule has 1 aliphatic heterocycles. The molecule has 2 N–H and O–H groups in total. The van der Waals surface area contributed by atoms with Gasteiger partial charge in [0.15, 0.2) is 0 Å². The maximum Gasteiger partial charge on any atom is 0.253 e. The minimum atomic E-state index is -0.0564. The molecule has 2 aliphatic rings. The summed E-state index contributed by atoms with van der Waals surface area (Å²) in [5.74, 6) is 1.89. The Morgan fingerprint density at radius 2 is 2.09 bits per heavy atom. The lowest BCUT2D eigenvalue weighted by Crippen LogP contribution is -2.40. The summed E-state index contributed by atoms with van der Waals surface area (Å²) in [5, 5.41) is 6.41. The fourth-order valence-electron chi connectivity index (χ4n) is 2.80. The molecule has 1 saturated carbocycles. The molecule has 1 fully saturated rings. The van der Waals surface area contributed by atoms with E-state index in [9.17, 15) is 4.79 Å². The highest BCUT2D eigenvalue weighted by Gasteiger charge is 2.22. The maximum absolute atomic E-state index is 12.3. The molecule has 6 heteroatoms. The zero-order valence-corrected chi connectivity index (χ0v) is 12.3. The van der Waals surface area contributed by atoms with Crippen LogP contribution < -0.4 is 10.6 Å². The topological polar surface area (TPSA) is 71.8 Å². The van der Waals surface area contributed by atoms with Crippen LogP contribution in [-0.2, 0) is 13.0 Å². The molecule has 1 atom stereocenters. The molecule has 0 unspecified atom stereocenters. The first-order valence-electron chi connectivity index (χ1n) is 7.81. The molecule has 3 heterocycles. The summed E-state index contributed by atoms with van der Waals surface area (Å²) in [6, 6.07) is 4.43. The molecular formula is C16H19N5O. The summed E-state index contributed by atoms with van der Waals surface area (Å²) in [7, 11) is 0. The molecule has 1 amide bonds. The fourth-order valence-corrected chi connectivity index (χ4v) is 2.80. The van der Waals surface area contributed by atoms with Crippen LogP contribution in [0.25, 0.3) is 0 Å². The smallest absolute Gasteiger partial charge is 0.253 e. The number of nitrogens with one attached hydrogen (secondary N) is 2. The number of amides is 1. The second-order valence-corrected chi connectivity index (χ2v) is 6.06. The van der Waals surface area contributed by atoms with Crippen LogP contribution in [0.5, 0.6) is 0 Å². The molecule has 4 rings (SSSR count). The predicted molar refractivity (Wildman–Crippen MR) is 82.7 cm³/mol. The van der Waals surface area contributed by atoms with E-state index in [1.54, 1.807) is 6.20 Å². The van der Waals surface area contributed by atoms with Gasteiger partial charge in [0.1, 0.15) is 11.6 Å². The Hall–Kier alpha value is -2.37. The number of carbonyl (C=O) groups excluding carboxylic acids is 1. The number of imidazole rings is 1. The Bertz CT molecular complexity index is 674. The third kappa shape index (κ3) is 2.81. The molecule has 22 heavy (non-hydrogen) atoms. The summed E-state index contributed by atoms with van der Waals surface area (Å²) in [6.07, 6.45) is 9.68. The van der Waals surface area contributed by atoms with E-state index in [1.807, 2.05) is 24.5 Å².